The third-order valence-corrected chi connectivity index (χ3v) is 5.72. The molecule has 4 N–H and O–H groups in total. The molecule has 4 aromatic carbocycles. The van der Waals surface area contributed by atoms with E-state index in [9.17, 15) is 9.59 Å². The number of benzene rings is 4. The van der Waals surface area contributed by atoms with Crippen LogP contribution in [-0.4, -0.2) is 12.1 Å². The smallest absolute Gasteiger partial charge is 0.323 e. The Labute approximate surface area is 203 Å². The predicted octanol–water partition coefficient (Wildman–Crippen LogP) is 6.70. The first kappa shape index (κ1) is 23.1. The summed E-state index contributed by atoms with van der Waals surface area (Å²) in [6.07, 6.45) is 0. The van der Waals surface area contributed by atoms with Crippen molar-refractivity contribution in [1.29, 1.82) is 0 Å². The highest BCUT2D eigenvalue weighted by Gasteiger charge is 2.13. The lowest BCUT2D eigenvalue weighted by Gasteiger charge is -2.18. The predicted molar refractivity (Wildman–Crippen MR) is 138 cm³/mol. The van der Waals surface area contributed by atoms with E-state index in [4.69, 9.17) is 11.6 Å². The van der Waals surface area contributed by atoms with Gasteiger partial charge in [0.1, 0.15) is 0 Å². The van der Waals surface area contributed by atoms with Crippen LogP contribution >= 0.6 is 11.6 Å². The molecule has 0 heterocycles. The van der Waals surface area contributed by atoms with Crippen LogP contribution < -0.4 is 21.3 Å². The summed E-state index contributed by atoms with van der Waals surface area (Å²) >= 11 is 6.31. The maximum Gasteiger partial charge on any atom is 0.323 e. The first-order chi connectivity index (χ1) is 16.5. The lowest BCUT2D eigenvalue weighted by molar-refractivity contribution is 0.237. The minimum absolute atomic E-state index is 0.211. The van der Waals surface area contributed by atoms with Gasteiger partial charge in [-0.15, -0.1) is 0 Å². The quantitative estimate of drug-likeness (QED) is 0.252. The Morgan fingerprint density at radius 3 is 2.24 bits per heavy atom. The number of amides is 4. The number of para-hydroxylation sites is 1. The average molecular weight is 473 g/mol. The van der Waals surface area contributed by atoms with Gasteiger partial charge in [-0.05, 0) is 53.8 Å². The van der Waals surface area contributed by atoms with E-state index in [1.165, 1.54) is 0 Å². The summed E-state index contributed by atoms with van der Waals surface area (Å²) in [5.41, 5.74) is 3.19. The molecule has 1 unspecified atom stereocenters. The number of urea groups is 2. The van der Waals surface area contributed by atoms with Gasteiger partial charge in [0.05, 0.1) is 6.04 Å². The number of carbonyl (C=O) groups excluding carboxylic acids is 2. The van der Waals surface area contributed by atoms with E-state index in [1.807, 2.05) is 91.9 Å². The molecule has 172 valence electrons. The number of nitrogens with one attached hydrogen (secondary N) is 4. The lowest BCUT2D eigenvalue weighted by Crippen LogP contribution is -2.36. The Balaban J connectivity index is 1.33. The first-order valence-corrected chi connectivity index (χ1v) is 11.3. The topological polar surface area (TPSA) is 82.3 Å². The molecule has 0 aliphatic heterocycles. The van der Waals surface area contributed by atoms with Gasteiger partial charge in [0.15, 0.2) is 0 Å². The van der Waals surface area contributed by atoms with E-state index >= 15 is 0 Å². The lowest BCUT2D eigenvalue weighted by atomic mass is 10.00. The molecule has 34 heavy (non-hydrogen) atoms. The molecule has 4 aromatic rings. The van der Waals surface area contributed by atoms with Gasteiger partial charge in [0.25, 0.3) is 0 Å². The van der Waals surface area contributed by atoms with Gasteiger partial charge in [0.2, 0.25) is 0 Å². The van der Waals surface area contributed by atoms with Crippen molar-refractivity contribution in [2.45, 2.75) is 19.5 Å². The Morgan fingerprint density at radius 1 is 0.765 bits per heavy atom. The Hall–Kier alpha value is -4.03. The van der Waals surface area contributed by atoms with Crippen LogP contribution in [0.5, 0.6) is 0 Å². The van der Waals surface area contributed by atoms with Crippen LogP contribution in [-0.2, 0) is 6.54 Å². The van der Waals surface area contributed by atoms with E-state index in [2.05, 4.69) is 21.3 Å². The summed E-state index contributed by atoms with van der Waals surface area (Å²) in [6, 6.07) is 27.4. The van der Waals surface area contributed by atoms with Crippen molar-refractivity contribution in [3.05, 3.63) is 107 Å². The minimum Gasteiger partial charge on any atom is -0.334 e. The fourth-order valence-electron chi connectivity index (χ4n) is 3.74. The SMILES string of the molecule is CC(NC(=O)NCc1cccc(NC(=O)Nc2ccccc2)c1)c1ccc(Cl)c2ccccc12. The molecule has 0 fully saturated rings. The molecule has 1 atom stereocenters. The summed E-state index contributed by atoms with van der Waals surface area (Å²) < 4.78 is 0. The van der Waals surface area contributed by atoms with Crippen LogP contribution in [0, 0.1) is 0 Å². The molecule has 0 saturated carbocycles. The van der Waals surface area contributed by atoms with E-state index in [1.54, 1.807) is 6.07 Å². The third kappa shape index (κ3) is 5.85. The van der Waals surface area contributed by atoms with Crippen molar-refractivity contribution in [3.63, 3.8) is 0 Å². The number of carbonyl (C=O) groups is 2. The zero-order chi connectivity index (χ0) is 23.9. The zero-order valence-corrected chi connectivity index (χ0v) is 19.4. The first-order valence-electron chi connectivity index (χ1n) is 10.9. The van der Waals surface area contributed by atoms with Crippen LogP contribution in [0.2, 0.25) is 5.02 Å². The summed E-state index contributed by atoms with van der Waals surface area (Å²) in [5, 5.41) is 14.1. The van der Waals surface area contributed by atoms with Crippen molar-refractivity contribution in [2.75, 3.05) is 10.6 Å². The van der Waals surface area contributed by atoms with Crippen molar-refractivity contribution < 1.29 is 9.59 Å². The second kappa shape index (κ2) is 10.7. The fraction of sp³-hybridized carbons (Fsp3) is 0.111. The normalized spacial score (nSPS) is 11.5. The maximum absolute atomic E-state index is 12.5. The molecule has 4 amide bonds. The maximum atomic E-state index is 12.5. The summed E-state index contributed by atoms with van der Waals surface area (Å²) in [7, 11) is 0. The van der Waals surface area contributed by atoms with Crippen LogP contribution in [0.3, 0.4) is 0 Å². The van der Waals surface area contributed by atoms with Crippen LogP contribution in [0.15, 0.2) is 91.0 Å². The molecule has 0 aromatic heterocycles. The Morgan fingerprint density at radius 2 is 1.44 bits per heavy atom. The van der Waals surface area contributed by atoms with Crippen LogP contribution in [0.1, 0.15) is 24.1 Å². The van der Waals surface area contributed by atoms with Crippen LogP contribution in [0.4, 0.5) is 21.0 Å². The number of fused-ring (bicyclic) bond motifs is 1. The molecular weight excluding hydrogens is 448 g/mol. The van der Waals surface area contributed by atoms with Gasteiger partial charge >= 0.3 is 12.1 Å². The van der Waals surface area contributed by atoms with E-state index in [0.717, 1.165) is 21.9 Å². The van der Waals surface area contributed by atoms with Gasteiger partial charge in [-0.2, -0.15) is 0 Å². The monoisotopic (exact) mass is 472 g/mol. The van der Waals surface area contributed by atoms with Gasteiger partial charge < -0.3 is 21.3 Å². The van der Waals surface area contributed by atoms with Crippen molar-refractivity contribution in [1.82, 2.24) is 10.6 Å². The van der Waals surface area contributed by atoms with E-state index in [0.29, 0.717) is 22.9 Å². The highest BCUT2D eigenvalue weighted by molar-refractivity contribution is 6.35. The molecule has 7 heteroatoms. The zero-order valence-electron chi connectivity index (χ0n) is 18.6. The second-order valence-electron chi connectivity index (χ2n) is 7.88. The molecule has 0 aliphatic rings. The largest absolute Gasteiger partial charge is 0.334 e. The number of hydrogen-bond donors (Lipinski definition) is 4. The number of hydrogen-bond acceptors (Lipinski definition) is 2. The molecule has 6 nitrogen and oxygen atoms in total. The summed E-state index contributed by atoms with van der Waals surface area (Å²) in [4.78, 5) is 24.8. The average Bonchev–Trinajstić information content (AvgIpc) is 2.84. The van der Waals surface area contributed by atoms with Gasteiger partial charge in [-0.1, -0.05) is 72.3 Å². The molecule has 4 rings (SSSR count). The van der Waals surface area contributed by atoms with Crippen molar-refractivity contribution in [2.24, 2.45) is 0 Å². The molecule has 0 bridgehead atoms. The molecule has 0 saturated heterocycles. The molecular formula is C27H25ClN4O2. The van der Waals surface area contributed by atoms with E-state index < -0.39 is 0 Å². The Kier molecular flexibility index (Phi) is 7.30. The van der Waals surface area contributed by atoms with Crippen LogP contribution in [0.25, 0.3) is 10.8 Å². The second-order valence-corrected chi connectivity index (χ2v) is 8.28. The third-order valence-electron chi connectivity index (χ3n) is 5.39. The highest BCUT2D eigenvalue weighted by Crippen LogP contribution is 2.29. The van der Waals surface area contributed by atoms with Gasteiger partial charge in [-0.3, -0.25) is 0 Å². The fourth-order valence-corrected chi connectivity index (χ4v) is 3.97. The highest BCUT2D eigenvalue weighted by atomic mass is 35.5. The molecule has 0 spiro atoms. The van der Waals surface area contributed by atoms with Crippen molar-refractivity contribution >= 4 is 45.8 Å². The molecule has 0 aliphatic carbocycles. The number of halogens is 1. The standard InChI is InChI=1S/C27H25ClN4O2/c1-18(22-14-15-25(28)24-13-6-5-12-23(22)24)30-26(33)29-17-19-8-7-11-21(16-19)32-27(34)31-20-9-3-2-4-10-20/h2-16,18H,17H2,1H3,(H2,29,30,33)(H2,31,32,34). The van der Waals surface area contributed by atoms with E-state index in [-0.39, 0.29) is 18.1 Å². The number of rotatable bonds is 6. The summed E-state index contributed by atoms with van der Waals surface area (Å²) in [5.74, 6) is 0. The van der Waals surface area contributed by atoms with Gasteiger partial charge in [-0.25, -0.2) is 9.59 Å². The summed E-state index contributed by atoms with van der Waals surface area (Å²) in [6.45, 7) is 2.25. The van der Waals surface area contributed by atoms with Crippen molar-refractivity contribution in [3.8, 4) is 0 Å². The molecule has 0 radical (unpaired) electrons. The van der Waals surface area contributed by atoms with Gasteiger partial charge in [0, 0.05) is 28.3 Å². The Bertz CT molecular complexity index is 1310. The number of anilines is 2. The minimum atomic E-state index is -0.335.